The van der Waals surface area contributed by atoms with Gasteiger partial charge in [-0.1, -0.05) is 0 Å². The smallest absolute Gasteiger partial charge is 0.216 e. The minimum atomic E-state index is -3.31. The van der Waals surface area contributed by atoms with Crippen LogP contribution in [0.2, 0.25) is 0 Å². The summed E-state index contributed by atoms with van der Waals surface area (Å²) >= 11 is 1.53. The average Bonchev–Trinajstić information content (AvgIpc) is 2.57. The van der Waals surface area contributed by atoms with Gasteiger partial charge in [0.2, 0.25) is 10.0 Å². The summed E-state index contributed by atoms with van der Waals surface area (Å²) in [6, 6.07) is -0.236. The fourth-order valence-electron chi connectivity index (χ4n) is 1.76. The van der Waals surface area contributed by atoms with E-state index >= 15 is 0 Å². The van der Waals surface area contributed by atoms with Gasteiger partial charge in [0.1, 0.15) is 0 Å². The lowest BCUT2D eigenvalue weighted by atomic mass is 10.2. The van der Waals surface area contributed by atoms with Crippen molar-refractivity contribution in [1.82, 2.24) is 15.0 Å². The summed E-state index contributed by atoms with van der Waals surface area (Å²) in [6.45, 7) is 7.80. The Kier molecular flexibility index (Phi) is 5.27. The highest BCUT2D eigenvalue weighted by atomic mass is 32.2. The number of aromatic nitrogens is 1. The van der Waals surface area contributed by atoms with Gasteiger partial charge in [-0.05, 0) is 34.7 Å². The largest absolute Gasteiger partial charge is 0.318 e. The molecule has 5 nitrogen and oxygen atoms in total. The molecule has 0 saturated heterocycles. The van der Waals surface area contributed by atoms with E-state index in [1.807, 2.05) is 20.8 Å². The Labute approximate surface area is 113 Å². The van der Waals surface area contributed by atoms with Crippen molar-refractivity contribution in [3.05, 3.63) is 15.6 Å². The first-order valence-corrected chi connectivity index (χ1v) is 8.24. The van der Waals surface area contributed by atoms with Crippen LogP contribution in [0.1, 0.15) is 35.5 Å². The van der Waals surface area contributed by atoms with Gasteiger partial charge >= 0.3 is 0 Å². The lowest BCUT2D eigenvalue weighted by molar-refractivity contribution is 0.551. The van der Waals surface area contributed by atoms with Crippen LogP contribution in [0.25, 0.3) is 0 Å². The van der Waals surface area contributed by atoms with Crippen LogP contribution in [0.4, 0.5) is 0 Å². The highest BCUT2D eigenvalue weighted by Crippen LogP contribution is 2.25. The van der Waals surface area contributed by atoms with Crippen molar-refractivity contribution in [2.45, 2.75) is 39.0 Å². The molecule has 1 aromatic rings. The van der Waals surface area contributed by atoms with E-state index in [9.17, 15) is 8.42 Å². The number of thiazole rings is 1. The van der Waals surface area contributed by atoms with E-state index in [1.54, 1.807) is 14.0 Å². The molecule has 0 bridgehead atoms. The molecular weight excluding hydrogens is 270 g/mol. The van der Waals surface area contributed by atoms with Gasteiger partial charge in [0, 0.05) is 11.4 Å². The van der Waals surface area contributed by atoms with Gasteiger partial charge in [0.25, 0.3) is 0 Å². The average molecular weight is 291 g/mol. The minimum Gasteiger partial charge on any atom is -0.318 e. The Bertz CT molecular complexity index is 496. The molecule has 2 atom stereocenters. The summed E-state index contributed by atoms with van der Waals surface area (Å²) in [5.41, 5.74) is 0.897. The predicted molar refractivity (Wildman–Crippen MR) is 75.4 cm³/mol. The van der Waals surface area contributed by atoms with Crippen LogP contribution in [0.5, 0.6) is 0 Å². The van der Waals surface area contributed by atoms with Gasteiger partial charge in [-0.25, -0.2) is 18.1 Å². The molecule has 0 aromatic carbocycles. The maximum Gasteiger partial charge on any atom is 0.216 e. The molecule has 0 aliphatic carbocycles. The number of aryl methyl sites for hydroxylation is 2. The first kappa shape index (κ1) is 15.6. The Hall–Kier alpha value is -0.500. The van der Waals surface area contributed by atoms with E-state index in [-0.39, 0.29) is 6.04 Å². The summed E-state index contributed by atoms with van der Waals surface area (Å²) in [4.78, 5) is 5.29. The molecule has 0 saturated carbocycles. The fourth-order valence-corrected chi connectivity index (χ4v) is 4.00. The summed E-state index contributed by atoms with van der Waals surface area (Å²) < 4.78 is 26.8. The molecule has 2 unspecified atom stereocenters. The van der Waals surface area contributed by atoms with Crippen LogP contribution in [0, 0.1) is 13.8 Å². The van der Waals surface area contributed by atoms with Gasteiger partial charge in [-0.3, -0.25) is 0 Å². The van der Waals surface area contributed by atoms with Crippen molar-refractivity contribution in [3.8, 4) is 0 Å². The van der Waals surface area contributed by atoms with Crippen molar-refractivity contribution in [2.24, 2.45) is 0 Å². The maximum atomic E-state index is 12.1. The third-order valence-electron chi connectivity index (χ3n) is 2.70. The highest BCUT2D eigenvalue weighted by Gasteiger charge is 2.24. The van der Waals surface area contributed by atoms with E-state index in [1.165, 1.54) is 11.3 Å². The topological polar surface area (TPSA) is 71.1 Å². The molecule has 0 fully saturated rings. The second-order valence-corrected chi connectivity index (χ2v) is 7.80. The number of nitrogens with zero attached hydrogens (tertiary/aromatic N) is 1. The Morgan fingerprint density at radius 3 is 2.39 bits per heavy atom. The molecule has 7 heteroatoms. The van der Waals surface area contributed by atoms with Crippen LogP contribution in [0.3, 0.4) is 0 Å². The zero-order valence-electron chi connectivity index (χ0n) is 11.4. The predicted octanol–water partition coefficient (Wildman–Crippen LogP) is 1.35. The van der Waals surface area contributed by atoms with Crippen molar-refractivity contribution < 1.29 is 8.42 Å². The van der Waals surface area contributed by atoms with Gasteiger partial charge in [-0.15, -0.1) is 11.3 Å². The normalized spacial score (nSPS) is 15.6. The molecule has 0 aliphatic rings. The maximum absolute atomic E-state index is 12.1. The Morgan fingerprint density at radius 2 is 1.94 bits per heavy atom. The van der Waals surface area contributed by atoms with E-state index in [2.05, 4.69) is 15.0 Å². The summed E-state index contributed by atoms with van der Waals surface area (Å²) in [7, 11) is -1.57. The lowest BCUT2D eigenvalue weighted by Crippen LogP contribution is -2.39. The summed E-state index contributed by atoms with van der Waals surface area (Å²) in [5.74, 6) is 0. The molecule has 0 aliphatic heterocycles. The third kappa shape index (κ3) is 3.74. The van der Waals surface area contributed by atoms with Crippen LogP contribution >= 0.6 is 11.3 Å². The molecule has 0 spiro atoms. The first-order valence-electron chi connectivity index (χ1n) is 5.87. The van der Waals surface area contributed by atoms with Gasteiger partial charge in [0.15, 0.2) is 0 Å². The number of hydrogen-bond acceptors (Lipinski definition) is 5. The van der Waals surface area contributed by atoms with Crippen molar-refractivity contribution in [1.29, 1.82) is 0 Å². The first-order chi connectivity index (χ1) is 8.27. The van der Waals surface area contributed by atoms with E-state index in [0.717, 1.165) is 15.6 Å². The van der Waals surface area contributed by atoms with Crippen LogP contribution in [-0.4, -0.2) is 32.2 Å². The lowest BCUT2D eigenvalue weighted by Gasteiger charge is -2.17. The SMILES string of the molecule is CNCC(C)S(=O)(=O)NC(C)c1sc(C)nc1C. The number of sulfonamides is 1. The van der Waals surface area contributed by atoms with Gasteiger partial charge in [0.05, 0.1) is 22.0 Å². The van der Waals surface area contributed by atoms with Gasteiger partial charge < -0.3 is 5.32 Å². The number of rotatable bonds is 6. The van der Waals surface area contributed by atoms with E-state index in [4.69, 9.17) is 0 Å². The minimum absolute atomic E-state index is 0.236. The van der Waals surface area contributed by atoms with Crippen molar-refractivity contribution >= 4 is 21.4 Å². The van der Waals surface area contributed by atoms with Crippen molar-refractivity contribution in [3.63, 3.8) is 0 Å². The highest BCUT2D eigenvalue weighted by molar-refractivity contribution is 7.90. The molecule has 18 heavy (non-hydrogen) atoms. The quantitative estimate of drug-likeness (QED) is 0.830. The Balaban J connectivity index is 2.81. The number of nitrogens with one attached hydrogen (secondary N) is 2. The zero-order chi connectivity index (χ0) is 13.9. The molecule has 1 heterocycles. The van der Waals surface area contributed by atoms with Crippen LogP contribution in [0.15, 0.2) is 0 Å². The molecule has 0 amide bonds. The van der Waals surface area contributed by atoms with Crippen molar-refractivity contribution in [2.75, 3.05) is 13.6 Å². The fraction of sp³-hybridized carbons (Fsp3) is 0.727. The van der Waals surface area contributed by atoms with Crippen LogP contribution in [-0.2, 0) is 10.0 Å². The molecular formula is C11H21N3O2S2. The zero-order valence-corrected chi connectivity index (χ0v) is 13.1. The second-order valence-electron chi connectivity index (χ2n) is 4.44. The summed E-state index contributed by atoms with van der Waals surface area (Å²) in [6.07, 6.45) is 0. The summed E-state index contributed by atoms with van der Waals surface area (Å²) in [5, 5.41) is 3.37. The molecule has 0 radical (unpaired) electrons. The second kappa shape index (κ2) is 6.10. The van der Waals surface area contributed by atoms with Gasteiger partial charge in [-0.2, -0.15) is 0 Å². The number of hydrogen-bond donors (Lipinski definition) is 2. The Morgan fingerprint density at radius 1 is 1.33 bits per heavy atom. The molecule has 1 aromatic heterocycles. The monoisotopic (exact) mass is 291 g/mol. The van der Waals surface area contributed by atoms with E-state index in [0.29, 0.717) is 6.54 Å². The molecule has 104 valence electrons. The van der Waals surface area contributed by atoms with Crippen LogP contribution < -0.4 is 10.0 Å². The standard InChI is InChI=1S/C11H21N3O2S2/c1-7(6-12-5)18(15,16)14-9(3)11-8(2)13-10(4)17-11/h7,9,12,14H,6H2,1-5H3. The molecule has 1 rings (SSSR count). The third-order valence-corrected chi connectivity index (χ3v) is 5.86. The molecule has 2 N–H and O–H groups in total. The van der Waals surface area contributed by atoms with E-state index < -0.39 is 15.3 Å².